The summed E-state index contributed by atoms with van der Waals surface area (Å²) in [6, 6.07) is 7.28. The van der Waals surface area contributed by atoms with Crippen molar-refractivity contribution in [3.8, 4) is 0 Å². The second-order valence-corrected chi connectivity index (χ2v) is 8.10. The second kappa shape index (κ2) is 8.35. The molecule has 1 atom stereocenters. The van der Waals surface area contributed by atoms with Crippen LogP contribution in [0.1, 0.15) is 27.7 Å². The Labute approximate surface area is 167 Å². The second-order valence-electron chi connectivity index (χ2n) is 6.15. The lowest BCUT2D eigenvalue weighted by Gasteiger charge is -2.19. The molecule has 3 N–H and O–H groups in total. The van der Waals surface area contributed by atoms with Crippen LogP contribution < -0.4 is 15.5 Å². The standard InChI is InChI=1S/C18H20ClN3O2S2/c1-3-24-17(23)15-13-8-9-22(2)10-14(13)26-16(15)21-18(25)20-12-6-4-11(19)5-7-12/h4-7H,3,8-10H2,1-2H3,(H2,20,21,25)/p+1. The lowest BCUT2D eigenvalue weighted by molar-refractivity contribution is -0.895. The van der Waals surface area contributed by atoms with E-state index in [2.05, 4.69) is 17.7 Å². The van der Waals surface area contributed by atoms with E-state index < -0.39 is 0 Å². The molecule has 3 rings (SSSR count). The highest BCUT2D eigenvalue weighted by Gasteiger charge is 2.29. The number of nitrogens with one attached hydrogen (secondary N) is 3. The molecule has 5 nitrogen and oxygen atoms in total. The van der Waals surface area contributed by atoms with Crippen LogP contribution >= 0.6 is 35.2 Å². The summed E-state index contributed by atoms with van der Waals surface area (Å²) < 4.78 is 5.28. The van der Waals surface area contributed by atoms with Gasteiger partial charge in [-0.15, -0.1) is 11.3 Å². The number of quaternary nitrogens is 1. The highest BCUT2D eigenvalue weighted by molar-refractivity contribution is 7.80. The number of carbonyl (C=O) groups excluding carboxylic acids is 1. The zero-order valence-electron chi connectivity index (χ0n) is 14.6. The SMILES string of the molecule is CCOC(=O)c1c(NC(=S)Nc2ccc(Cl)cc2)sc2c1CC[NH+](C)C2. The van der Waals surface area contributed by atoms with E-state index in [4.69, 9.17) is 28.6 Å². The van der Waals surface area contributed by atoms with E-state index in [0.29, 0.717) is 22.3 Å². The summed E-state index contributed by atoms with van der Waals surface area (Å²) in [5.74, 6) is -0.290. The van der Waals surface area contributed by atoms with Crippen LogP contribution in [-0.4, -0.2) is 31.3 Å². The molecule has 1 aromatic carbocycles. The number of ether oxygens (including phenoxy) is 1. The lowest BCUT2D eigenvalue weighted by atomic mass is 10.0. The predicted octanol–water partition coefficient (Wildman–Crippen LogP) is 2.96. The third-order valence-corrected chi connectivity index (χ3v) is 5.77. The van der Waals surface area contributed by atoms with E-state index in [-0.39, 0.29) is 5.97 Å². The molecule has 1 unspecified atom stereocenters. The van der Waals surface area contributed by atoms with Gasteiger partial charge in [0, 0.05) is 17.1 Å². The molecule has 0 aliphatic carbocycles. The quantitative estimate of drug-likeness (QED) is 0.534. The van der Waals surface area contributed by atoms with Crippen molar-refractivity contribution < 1.29 is 14.4 Å². The summed E-state index contributed by atoms with van der Waals surface area (Å²) in [6.07, 6.45) is 0.866. The highest BCUT2D eigenvalue weighted by atomic mass is 35.5. The van der Waals surface area contributed by atoms with E-state index in [1.807, 2.05) is 19.1 Å². The van der Waals surface area contributed by atoms with Gasteiger partial charge >= 0.3 is 5.97 Å². The molecule has 138 valence electrons. The van der Waals surface area contributed by atoms with E-state index in [1.54, 1.807) is 23.5 Å². The van der Waals surface area contributed by atoms with Crippen molar-refractivity contribution in [2.24, 2.45) is 0 Å². The maximum Gasteiger partial charge on any atom is 0.341 e. The molecule has 2 heterocycles. The largest absolute Gasteiger partial charge is 0.462 e. The maximum absolute atomic E-state index is 12.5. The first kappa shape index (κ1) is 19.1. The number of esters is 1. The number of rotatable bonds is 4. The summed E-state index contributed by atoms with van der Waals surface area (Å²) in [5, 5.41) is 8.13. The number of thiophene rings is 1. The number of fused-ring (bicyclic) bond motifs is 1. The average Bonchev–Trinajstić information content (AvgIpc) is 2.93. The van der Waals surface area contributed by atoms with E-state index in [9.17, 15) is 4.79 Å². The molecule has 2 aromatic rings. The van der Waals surface area contributed by atoms with Crippen LogP contribution in [0.4, 0.5) is 10.7 Å². The van der Waals surface area contributed by atoms with Crippen molar-refractivity contribution in [2.75, 3.05) is 30.8 Å². The van der Waals surface area contributed by atoms with Gasteiger partial charge in [-0.25, -0.2) is 4.79 Å². The minimum absolute atomic E-state index is 0.290. The van der Waals surface area contributed by atoms with Crippen LogP contribution in [0.15, 0.2) is 24.3 Å². The first-order chi connectivity index (χ1) is 12.5. The van der Waals surface area contributed by atoms with Gasteiger partial charge in [-0.05, 0) is 49.0 Å². The zero-order valence-corrected chi connectivity index (χ0v) is 17.0. The number of likely N-dealkylation sites (N-methyl/N-ethyl adjacent to an activating group) is 1. The van der Waals surface area contributed by atoms with E-state index in [1.165, 1.54) is 9.78 Å². The van der Waals surface area contributed by atoms with Gasteiger partial charge in [0.1, 0.15) is 11.5 Å². The highest BCUT2D eigenvalue weighted by Crippen LogP contribution is 2.35. The van der Waals surface area contributed by atoms with Gasteiger partial charge in [-0.2, -0.15) is 0 Å². The minimum Gasteiger partial charge on any atom is -0.462 e. The Kier molecular flexibility index (Phi) is 6.13. The maximum atomic E-state index is 12.5. The molecule has 0 fully saturated rings. The molecule has 8 heteroatoms. The molecule has 0 spiro atoms. The molecule has 0 amide bonds. The van der Waals surface area contributed by atoms with Crippen molar-refractivity contribution in [1.29, 1.82) is 0 Å². The van der Waals surface area contributed by atoms with Crippen LogP contribution in [-0.2, 0) is 17.7 Å². The summed E-state index contributed by atoms with van der Waals surface area (Å²) >= 11 is 12.9. The lowest BCUT2D eigenvalue weighted by Crippen LogP contribution is -3.08. The first-order valence-corrected chi connectivity index (χ1v) is 10.0. The Morgan fingerprint density at radius 3 is 2.77 bits per heavy atom. The number of hydrogen-bond donors (Lipinski definition) is 3. The number of benzene rings is 1. The van der Waals surface area contributed by atoms with Crippen LogP contribution in [0.25, 0.3) is 0 Å². The Morgan fingerprint density at radius 2 is 2.08 bits per heavy atom. The molecular weight excluding hydrogens is 390 g/mol. The molecule has 0 saturated heterocycles. The molecule has 0 radical (unpaired) electrons. The summed E-state index contributed by atoms with van der Waals surface area (Å²) in [7, 11) is 2.16. The third kappa shape index (κ3) is 4.35. The van der Waals surface area contributed by atoms with Crippen molar-refractivity contribution in [3.05, 3.63) is 45.3 Å². The van der Waals surface area contributed by atoms with Crippen molar-refractivity contribution in [1.82, 2.24) is 0 Å². The monoisotopic (exact) mass is 410 g/mol. The van der Waals surface area contributed by atoms with Gasteiger partial charge in [0.25, 0.3) is 0 Å². The fourth-order valence-electron chi connectivity index (χ4n) is 2.93. The van der Waals surface area contributed by atoms with Crippen LogP contribution in [0.5, 0.6) is 0 Å². The fourth-order valence-corrected chi connectivity index (χ4v) is 4.69. The van der Waals surface area contributed by atoms with Crippen LogP contribution in [0.3, 0.4) is 0 Å². The molecule has 26 heavy (non-hydrogen) atoms. The summed E-state index contributed by atoms with van der Waals surface area (Å²) in [5.41, 5.74) is 2.55. The normalized spacial score (nSPS) is 15.9. The molecule has 1 aliphatic rings. The Morgan fingerprint density at radius 1 is 1.35 bits per heavy atom. The predicted molar refractivity (Wildman–Crippen MR) is 111 cm³/mol. The molecule has 0 bridgehead atoms. The number of thiocarbonyl (C=S) groups is 1. The van der Waals surface area contributed by atoms with Crippen molar-refractivity contribution >= 4 is 56.9 Å². The number of hydrogen-bond acceptors (Lipinski definition) is 4. The number of halogens is 1. The minimum atomic E-state index is -0.290. The molecule has 1 aliphatic heterocycles. The number of carbonyl (C=O) groups is 1. The molecule has 1 aromatic heterocycles. The summed E-state index contributed by atoms with van der Waals surface area (Å²) in [4.78, 5) is 15.2. The Hall–Kier alpha value is -1.67. The third-order valence-electron chi connectivity index (χ3n) is 4.16. The van der Waals surface area contributed by atoms with E-state index in [0.717, 1.165) is 35.8 Å². The van der Waals surface area contributed by atoms with Crippen molar-refractivity contribution in [2.45, 2.75) is 19.9 Å². The van der Waals surface area contributed by atoms with Gasteiger partial charge in [-0.3, -0.25) is 0 Å². The summed E-state index contributed by atoms with van der Waals surface area (Å²) in [6.45, 7) is 4.07. The average molecular weight is 411 g/mol. The number of anilines is 2. The van der Waals surface area contributed by atoms with Gasteiger partial charge in [0.15, 0.2) is 5.11 Å². The van der Waals surface area contributed by atoms with Crippen LogP contribution in [0.2, 0.25) is 5.02 Å². The topological polar surface area (TPSA) is 54.8 Å². The molecular formula is C18H21ClN3O2S2+. The van der Waals surface area contributed by atoms with Gasteiger partial charge in [-0.1, -0.05) is 11.6 Å². The van der Waals surface area contributed by atoms with Crippen molar-refractivity contribution in [3.63, 3.8) is 0 Å². The Balaban J connectivity index is 1.82. The van der Waals surface area contributed by atoms with Gasteiger partial charge < -0.3 is 20.3 Å². The van der Waals surface area contributed by atoms with E-state index >= 15 is 0 Å². The Bertz CT molecular complexity index is 821. The molecule has 0 saturated carbocycles. The first-order valence-electron chi connectivity index (χ1n) is 8.44. The smallest absolute Gasteiger partial charge is 0.341 e. The van der Waals surface area contributed by atoms with Gasteiger partial charge in [0.2, 0.25) is 0 Å². The van der Waals surface area contributed by atoms with Gasteiger partial charge in [0.05, 0.1) is 30.6 Å². The fraction of sp³-hybridized carbons (Fsp3) is 0.333. The van der Waals surface area contributed by atoms with Crippen LogP contribution in [0, 0.1) is 0 Å². The zero-order chi connectivity index (χ0) is 18.7.